The molecule has 0 amide bonds. The number of fused-ring (bicyclic) bond motifs is 3. The molecule has 0 fully saturated rings. The topological polar surface area (TPSA) is 56.9 Å². The van der Waals surface area contributed by atoms with E-state index in [9.17, 15) is 18.4 Å². The van der Waals surface area contributed by atoms with Crippen LogP contribution < -0.4 is 5.56 Å². The lowest BCUT2D eigenvalue weighted by atomic mass is 10.1. The van der Waals surface area contributed by atoms with Gasteiger partial charge in [-0.3, -0.25) is 14.3 Å². The van der Waals surface area contributed by atoms with Crippen LogP contribution in [0.4, 0.5) is 8.78 Å². The van der Waals surface area contributed by atoms with E-state index in [4.69, 9.17) is 11.6 Å². The van der Waals surface area contributed by atoms with Gasteiger partial charge in [0.05, 0.1) is 27.6 Å². The number of carbonyl (C=O) groups excluding carboxylic acids is 1. The van der Waals surface area contributed by atoms with Crippen LogP contribution in [0, 0.1) is 11.6 Å². The molecule has 8 heteroatoms. The molecule has 0 spiro atoms. The number of halogens is 3. The summed E-state index contributed by atoms with van der Waals surface area (Å²) in [4.78, 5) is 25.4. The van der Waals surface area contributed by atoms with Gasteiger partial charge >= 0.3 is 0 Å². The van der Waals surface area contributed by atoms with E-state index in [1.54, 1.807) is 23.9 Å². The number of carbonyl (C=O) groups is 1. The highest BCUT2D eigenvalue weighted by Crippen LogP contribution is 2.24. The summed E-state index contributed by atoms with van der Waals surface area (Å²) in [5.41, 5.74) is 0.836. The van der Waals surface area contributed by atoms with Gasteiger partial charge in [-0.15, -0.1) is 0 Å². The first-order valence-electron chi connectivity index (χ1n) is 8.95. The van der Waals surface area contributed by atoms with Crippen LogP contribution in [-0.4, -0.2) is 20.1 Å². The van der Waals surface area contributed by atoms with Gasteiger partial charge in [-0.2, -0.15) is 5.10 Å². The lowest BCUT2D eigenvalue weighted by Gasteiger charge is -2.12. The molecule has 0 saturated carbocycles. The molecule has 4 aromatic rings. The Morgan fingerprint density at radius 3 is 2.76 bits per heavy atom. The Labute approximate surface area is 169 Å². The fourth-order valence-corrected chi connectivity index (χ4v) is 3.74. The molecule has 0 aliphatic carbocycles. The lowest BCUT2D eigenvalue weighted by molar-refractivity contribution is -0.118. The van der Waals surface area contributed by atoms with Crippen molar-refractivity contribution in [1.29, 1.82) is 0 Å². The fourth-order valence-electron chi connectivity index (χ4n) is 3.54. The van der Waals surface area contributed by atoms with Crippen LogP contribution in [0.15, 0.2) is 47.4 Å². The van der Waals surface area contributed by atoms with Crippen LogP contribution in [0.2, 0.25) is 5.02 Å². The highest BCUT2D eigenvalue weighted by Gasteiger charge is 2.16. The highest BCUT2D eigenvalue weighted by molar-refractivity contribution is 6.30. The lowest BCUT2D eigenvalue weighted by Crippen LogP contribution is -2.23. The normalized spacial score (nSPS) is 11.4. The molecule has 2 aromatic heterocycles. The zero-order chi connectivity index (χ0) is 20.7. The average Bonchev–Trinajstić information content (AvgIpc) is 3.07. The number of hydrogen-bond donors (Lipinski definition) is 0. The fraction of sp³-hybridized carbons (Fsp3) is 0.190. The number of hydrogen-bond acceptors (Lipinski definition) is 3. The van der Waals surface area contributed by atoms with Gasteiger partial charge in [0.15, 0.2) is 0 Å². The number of ketones is 1. The van der Waals surface area contributed by atoms with E-state index in [1.165, 1.54) is 35.0 Å². The van der Waals surface area contributed by atoms with E-state index in [0.29, 0.717) is 21.8 Å². The summed E-state index contributed by atoms with van der Waals surface area (Å²) in [6, 6.07) is 8.66. The van der Waals surface area contributed by atoms with Gasteiger partial charge in [0.25, 0.3) is 5.56 Å². The second-order valence-corrected chi connectivity index (χ2v) is 7.23. The van der Waals surface area contributed by atoms with Crippen LogP contribution >= 0.6 is 11.6 Å². The molecule has 0 unspecified atom stereocenters. The van der Waals surface area contributed by atoms with Gasteiger partial charge in [0.1, 0.15) is 17.4 Å². The van der Waals surface area contributed by atoms with Crippen molar-refractivity contribution >= 4 is 39.2 Å². The smallest absolute Gasteiger partial charge is 0.262 e. The van der Waals surface area contributed by atoms with Crippen molar-refractivity contribution in [1.82, 2.24) is 14.3 Å². The summed E-state index contributed by atoms with van der Waals surface area (Å²) in [5, 5.41) is 5.13. The first-order valence-corrected chi connectivity index (χ1v) is 9.33. The van der Waals surface area contributed by atoms with Crippen LogP contribution in [0.5, 0.6) is 0 Å². The largest absolute Gasteiger partial charge is 0.307 e. The van der Waals surface area contributed by atoms with Crippen LogP contribution in [0.1, 0.15) is 12.0 Å². The number of aromatic nitrogens is 3. The summed E-state index contributed by atoms with van der Waals surface area (Å²) >= 11 is 5.75. The molecule has 0 atom stereocenters. The van der Waals surface area contributed by atoms with Gasteiger partial charge in [-0.1, -0.05) is 23.7 Å². The molecule has 0 radical (unpaired) electrons. The number of pyridine rings is 1. The minimum atomic E-state index is -0.621. The average molecular weight is 416 g/mol. The molecule has 4 rings (SSSR count). The van der Waals surface area contributed by atoms with Gasteiger partial charge in [-0.05, 0) is 29.8 Å². The Balaban J connectivity index is 1.69. The summed E-state index contributed by atoms with van der Waals surface area (Å²) in [7, 11) is 1.71. The molecule has 0 aliphatic rings. The second kappa shape index (κ2) is 7.40. The van der Waals surface area contributed by atoms with Crippen molar-refractivity contribution in [2.24, 2.45) is 7.05 Å². The van der Waals surface area contributed by atoms with Crippen molar-refractivity contribution in [2.75, 3.05) is 0 Å². The van der Waals surface area contributed by atoms with E-state index in [2.05, 4.69) is 5.10 Å². The molecule has 0 N–H and O–H groups in total. The van der Waals surface area contributed by atoms with E-state index in [-0.39, 0.29) is 41.3 Å². The Kier molecular flexibility index (Phi) is 4.92. The molecule has 2 heterocycles. The monoisotopic (exact) mass is 415 g/mol. The number of Topliss-reactive ketones (excluding diaryl/α,β-unsaturated/α-hetero) is 1. The third kappa shape index (κ3) is 3.42. The van der Waals surface area contributed by atoms with Gasteiger partial charge in [0.2, 0.25) is 0 Å². The van der Waals surface area contributed by atoms with E-state index >= 15 is 0 Å². The maximum Gasteiger partial charge on any atom is 0.262 e. The molecule has 148 valence electrons. The van der Waals surface area contributed by atoms with Crippen molar-refractivity contribution in [3.8, 4) is 0 Å². The number of aryl methyl sites for hydroxylation is 2. The summed E-state index contributed by atoms with van der Waals surface area (Å²) in [5.74, 6) is -1.36. The van der Waals surface area contributed by atoms with Gasteiger partial charge in [-0.25, -0.2) is 8.78 Å². The third-order valence-electron chi connectivity index (χ3n) is 4.95. The minimum Gasteiger partial charge on any atom is -0.307 e. The number of benzene rings is 2. The third-order valence-corrected chi connectivity index (χ3v) is 5.25. The predicted molar refractivity (Wildman–Crippen MR) is 107 cm³/mol. The van der Waals surface area contributed by atoms with E-state index in [1.807, 2.05) is 0 Å². The molecule has 0 aliphatic heterocycles. The van der Waals surface area contributed by atoms with Crippen molar-refractivity contribution in [2.45, 2.75) is 19.4 Å². The molecule has 5 nitrogen and oxygen atoms in total. The molecular formula is C21H16ClF2N3O2. The molecule has 0 saturated heterocycles. The van der Waals surface area contributed by atoms with Crippen LogP contribution in [-0.2, 0) is 24.8 Å². The zero-order valence-corrected chi connectivity index (χ0v) is 16.2. The molecular weight excluding hydrogens is 400 g/mol. The van der Waals surface area contributed by atoms with Gasteiger partial charge in [0, 0.05) is 31.8 Å². The quantitative estimate of drug-likeness (QED) is 0.494. The molecule has 0 bridgehead atoms. The SMILES string of the molecule is Cn1ncc2c(=O)n(CCC(=O)Cc3cccc(Cl)c3F)c3cc(F)ccc3c21. The van der Waals surface area contributed by atoms with Crippen LogP contribution in [0.3, 0.4) is 0 Å². The Morgan fingerprint density at radius 1 is 1.17 bits per heavy atom. The van der Waals surface area contributed by atoms with Crippen molar-refractivity contribution < 1.29 is 13.6 Å². The second-order valence-electron chi connectivity index (χ2n) is 6.83. The minimum absolute atomic E-state index is 0.0107. The summed E-state index contributed by atoms with van der Waals surface area (Å²) in [6.45, 7) is 0.0463. The van der Waals surface area contributed by atoms with Gasteiger partial charge < -0.3 is 4.57 Å². The standard InChI is InChI=1S/C21H16ClF2N3O2/c1-26-20-15-6-5-13(23)10-18(15)27(21(29)16(20)11-25-26)8-7-14(28)9-12-3-2-4-17(22)19(12)24/h2-6,10-11H,7-9H2,1H3. The zero-order valence-electron chi connectivity index (χ0n) is 15.5. The van der Waals surface area contributed by atoms with E-state index < -0.39 is 11.6 Å². The predicted octanol–water partition coefficient (Wildman–Crippen LogP) is 4.02. The van der Waals surface area contributed by atoms with E-state index in [0.717, 1.165) is 0 Å². The Bertz CT molecular complexity index is 1330. The highest BCUT2D eigenvalue weighted by atomic mass is 35.5. The number of rotatable bonds is 5. The Hall–Kier alpha value is -3.06. The maximum absolute atomic E-state index is 14.0. The number of nitrogens with zero attached hydrogens (tertiary/aromatic N) is 3. The van der Waals surface area contributed by atoms with Crippen molar-refractivity contribution in [3.05, 3.63) is 75.2 Å². The molecule has 29 heavy (non-hydrogen) atoms. The first-order chi connectivity index (χ1) is 13.9. The van der Waals surface area contributed by atoms with Crippen LogP contribution in [0.25, 0.3) is 21.8 Å². The molecule has 2 aromatic carbocycles. The van der Waals surface area contributed by atoms with Crippen molar-refractivity contribution in [3.63, 3.8) is 0 Å². The summed E-state index contributed by atoms with van der Waals surface area (Å²) < 4.78 is 30.8. The maximum atomic E-state index is 14.0. The Morgan fingerprint density at radius 2 is 1.97 bits per heavy atom. The summed E-state index contributed by atoms with van der Waals surface area (Å²) in [6.07, 6.45) is 1.31. The first kappa shape index (κ1) is 19.3.